The lowest BCUT2D eigenvalue weighted by Gasteiger charge is -2.29. The molecule has 3 heterocycles. The molecule has 8 heteroatoms. The van der Waals surface area contributed by atoms with Crippen molar-refractivity contribution in [2.24, 2.45) is 5.92 Å². The smallest absolute Gasteiger partial charge is 0.254 e. The van der Waals surface area contributed by atoms with Crippen molar-refractivity contribution in [3.8, 4) is 0 Å². The number of hydrogen-bond acceptors (Lipinski definition) is 6. The van der Waals surface area contributed by atoms with E-state index >= 15 is 0 Å². The summed E-state index contributed by atoms with van der Waals surface area (Å²) >= 11 is 1.45. The van der Waals surface area contributed by atoms with Gasteiger partial charge < -0.3 is 10.3 Å². The van der Waals surface area contributed by atoms with Crippen LogP contribution in [0, 0.1) is 19.8 Å². The van der Waals surface area contributed by atoms with Crippen LogP contribution in [0.1, 0.15) is 49.0 Å². The number of likely N-dealkylation sites (tertiary alicyclic amines) is 1. The molecule has 2 aromatic rings. The van der Waals surface area contributed by atoms with E-state index in [0.29, 0.717) is 28.6 Å². The van der Waals surface area contributed by atoms with Crippen molar-refractivity contribution < 1.29 is 4.79 Å². The van der Waals surface area contributed by atoms with Crippen molar-refractivity contribution in [3.63, 3.8) is 0 Å². The first-order valence-corrected chi connectivity index (χ1v) is 10.3. The highest BCUT2D eigenvalue weighted by Crippen LogP contribution is 2.21. The average molecular weight is 390 g/mol. The van der Waals surface area contributed by atoms with Crippen LogP contribution in [-0.2, 0) is 17.8 Å². The number of aryl methyl sites for hydroxylation is 2. The Morgan fingerprint density at radius 2 is 2.07 bits per heavy atom. The Bertz CT molecular complexity index is 852. The fraction of sp³-hybridized carbons (Fsp3) is 0.579. The summed E-state index contributed by atoms with van der Waals surface area (Å²) in [4.78, 5) is 38.1. The topological polar surface area (TPSA) is 91.0 Å². The predicted molar refractivity (Wildman–Crippen MR) is 107 cm³/mol. The molecule has 0 aliphatic carbocycles. The molecule has 0 radical (unpaired) electrons. The number of aromatic amines is 1. The zero-order valence-corrected chi connectivity index (χ0v) is 17.0. The number of aromatic nitrogens is 3. The van der Waals surface area contributed by atoms with Crippen molar-refractivity contribution in [1.82, 2.24) is 19.9 Å². The van der Waals surface area contributed by atoms with Crippen LogP contribution in [0.3, 0.4) is 0 Å². The summed E-state index contributed by atoms with van der Waals surface area (Å²) in [6, 6.07) is 0. The molecule has 0 saturated carbocycles. The van der Waals surface area contributed by atoms with Crippen LogP contribution in [0.15, 0.2) is 10.2 Å². The first kappa shape index (κ1) is 19.7. The minimum absolute atomic E-state index is 0.137. The third-order valence-corrected chi connectivity index (χ3v) is 5.81. The van der Waals surface area contributed by atoms with Crippen molar-refractivity contribution in [3.05, 3.63) is 38.5 Å². The number of carbonyl (C=O) groups excluding carboxylic acids is 1. The number of carbonyl (C=O) groups is 1. The lowest BCUT2D eigenvalue weighted by atomic mass is 9.99. The number of thiazole rings is 1. The summed E-state index contributed by atoms with van der Waals surface area (Å²) in [5.41, 5.74) is 2.08. The second kappa shape index (κ2) is 8.75. The van der Waals surface area contributed by atoms with Gasteiger partial charge in [-0.3, -0.25) is 14.5 Å². The van der Waals surface area contributed by atoms with E-state index in [2.05, 4.69) is 32.1 Å². The van der Waals surface area contributed by atoms with E-state index in [1.165, 1.54) is 24.2 Å². The van der Waals surface area contributed by atoms with E-state index in [9.17, 15) is 9.59 Å². The average Bonchev–Trinajstić information content (AvgIpc) is 3.03. The van der Waals surface area contributed by atoms with Gasteiger partial charge in [0.2, 0.25) is 5.91 Å². The van der Waals surface area contributed by atoms with Crippen LogP contribution in [0.25, 0.3) is 0 Å². The quantitative estimate of drug-likeness (QED) is 0.793. The molecular weight excluding hydrogens is 362 g/mol. The molecule has 1 amide bonds. The predicted octanol–water partition coefficient (Wildman–Crippen LogP) is 2.65. The number of rotatable bonds is 6. The number of nitrogens with one attached hydrogen (secondary N) is 2. The third kappa shape index (κ3) is 5.46. The van der Waals surface area contributed by atoms with E-state index in [-0.39, 0.29) is 17.9 Å². The summed E-state index contributed by atoms with van der Waals surface area (Å²) < 4.78 is 0. The first-order valence-electron chi connectivity index (χ1n) is 9.43. The third-order valence-electron chi connectivity index (χ3n) is 5.00. The molecule has 3 rings (SSSR count). The first-order chi connectivity index (χ1) is 12.9. The Kier molecular flexibility index (Phi) is 6.38. The largest absolute Gasteiger partial charge is 0.311 e. The molecule has 2 aromatic heterocycles. The fourth-order valence-corrected chi connectivity index (χ4v) is 4.07. The van der Waals surface area contributed by atoms with Crippen LogP contribution >= 0.6 is 11.3 Å². The van der Waals surface area contributed by atoms with E-state index in [1.54, 1.807) is 13.8 Å². The highest BCUT2D eigenvalue weighted by molar-refractivity contribution is 7.13. The zero-order valence-electron chi connectivity index (χ0n) is 16.2. The maximum atomic E-state index is 12.2. The van der Waals surface area contributed by atoms with E-state index in [0.717, 1.165) is 31.2 Å². The van der Waals surface area contributed by atoms with Gasteiger partial charge in [-0.05, 0) is 52.1 Å². The standard InChI is InChI=1S/C19H27N5O2S/c1-12-6-8-24(9-7-12)10-15-11-27-19(22-15)23-17(25)5-4-16-13(2)20-14(3)21-18(16)26/h11-12H,4-10H2,1-3H3,(H,20,21,26)(H,22,23,25). The Morgan fingerprint density at radius 1 is 1.33 bits per heavy atom. The van der Waals surface area contributed by atoms with Gasteiger partial charge in [-0.25, -0.2) is 9.97 Å². The lowest BCUT2D eigenvalue weighted by molar-refractivity contribution is -0.116. The number of amides is 1. The number of nitrogens with zero attached hydrogens (tertiary/aromatic N) is 3. The Labute approximate surface area is 163 Å². The molecule has 2 N–H and O–H groups in total. The van der Waals surface area contributed by atoms with E-state index in [4.69, 9.17) is 0 Å². The van der Waals surface area contributed by atoms with Gasteiger partial charge in [-0.1, -0.05) is 6.92 Å². The monoisotopic (exact) mass is 389 g/mol. The highest BCUT2D eigenvalue weighted by atomic mass is 32.1. The van der Waals surface area contributed by atoms with E-state index < -0.39 is 0 Å². The highest BCUT2D eigenvalue weighted by Gasteiger charge is 2.17. The molecule has 1 fully saturated rings. The van der Waals surface area contributed by atoms with Crippen molar-refractivity contribution in [2.75, 3.05) is 18.4 Å². The molecule has 146 valence electrons. The van der Waals surface area contributed by atoms with Gasteiger partial charge in [0.15, 0.2) is 5.13 Å². The van der Waals surface area contributed by atoms with Crippen LogP contribution in [0.4, 0.5) is 5.13 Å². The second-order valence-corrected chi connectivity index (χ2v) is 8.22. The maximum Gasteiger partial charge on any atom is 0.254 e. The van der Waals surface area contributed by atoms with Crippen molar-refractivity contribution >= 4 is 22.4 Å². The van der Waals surface area contributed by atoms with Crippen LogP contribution in [0.5, 0.6) is 0 Å². The van der Waals surface area contributed by atoms with Crippen molar-refractivity contribution in [2.45, 2.75) is 53.0 Å². The summed E-state index contributed by atoms with van der Waals surface area (Å²) in [6.45, 7) is 8.90. The molecule has 0 bridgehead atoms. The Hall–Kier alpha value is -2.06. The van der Waals surface area contributed by atoms with Gasteiger partial charge in [-0.2, -0.15) is 0 Å². The minimum atomic E-state index is -0.166. The van der Waals surface area contributed by atoms with Gasteiger partial charge in [-0.15, -0.1) is 11.3 Å². The minimum Gasteiger partial charge on any atom is -0.311 e. The lowest BCUT2D eigenvalue weighted by Crippen LogP contribution is -2.32. The van der Waals surface area contributed by atoms with Gasteiger partial charge >= 0.3 is 0 Å². The van der Waals surface area contributed by atoms with Gasteiger partial charge in [0.25, 0.3) is 5.56 Å². The molecule has 1 saturated heterocycles. The normalized spacial score (nSPS) is 15.8. The SMILES string of the molecule is Cc1nc(C)c(CCC(=O)Nc2nc(CN3CCC(C)CC3)cs2)c(=O)[nH]1. The van der Waals surface area contributed by atoms with Crippen molar-refractivity contribution in [1.29, 1.82) is 0 Å². The summed E-state index contributed by atoms with van der Waals surface area (Å²) in [6.07, 6.45) is 3.07. The maximum absolute atomic E-state index is 12.2. The molecule has 0 atom stereocenters. The van der Waals surface area contributed by atoms with Gasteiger partial charge in [0.1, 0.15) is 5.82 Å². The molecule has 27 heavy (non-hydrogen) atoms. The molecule has 0 spiro atoms. The Morgan fingerprint density at radius 3 is 2.78 bits per heavy atom. The number of anilines is 1. The zero-order chi connectivity index (χ0) is 19.4. The van der Waals surface area contributed by atoms with Crippen LogP contribution < -0.4 is 10.9 Å². The van der Waals surface area contributed by atoms with Crippen LogP contribution in [0.2, 0.25) is 0 Å². The summed E-state index contributed by atoms with van der Waals surface area (Å²) in [7, 11) is 0. The molecule has 1 aliphatic heterocycles. The fourth-order valence-electron chi connectivity index (χ4n) is 3.35. The summed E-state index contributed by atoms with van der Waals surface area (Å²) in [5.74, 6) is 1.26. The molecule has 0 aromatic carbocycles. The number of H-pyrrole nitrogens is 1. The molecule has 0 unspecified atom stereocenters. The van der Waals surface area contributed by atoms with Crippen LogP contribution in [-0.4, -0.2) is 38.8 Å². The number of hydrogen-bond donors (Lipinski definition) is 2. The molecule has 1 aliphatic rings. The molecule has 7 nitrogen and oxygen atoms in total. The van der Waals surface area contributed by atoms with Gasteiger partial charge in [0.05, 0.1) is 5.69 Å². The molecular formula is C19H27N5O2S. The Balaban J connectivity index is 1.50. The van der Waals surface area contributed by atoms with E-state index in [1.807, 2.05) is 5.38 Å². The van der Waals surface area contributed by atoms with Gasteiger partial charge in [0, 0.05) is 29.6 Å². The summed E-state index contributed by atoms with van der Waals surface area (Å²) in [5, 5.41) is 5.47. The number of piperidine rings is 1. The second-order valence-electron chi connectivity index (χ2n) is 7.37.